The Balaban J connectivity index is 1.56. The fourth-order valence-corrected chi connectivity index (χ4v) is 4.88. The van der Waals surface area contributed by atoms with Crippen LogP contribution in [0.4, 0.5) is 0 Å². The number of hydrogen-bond acceptors (Lipinski definition) is 3. The summed E-state index contributed by atoms with van der Waals surface area (Å²) in [4.78, 5) is 31.6. The maximum atomic E-state index is 13.6. The van der Waals surface area contributed by atoms with Crippen LogP contribution in [0.15, 0.2) is 47.6 Å². The number of hydrogen-bond donors (Lipinski definition) is 1. The summed E-state index contributed by atoms with van der Waals surface area (Å²) < 4.78 is 0. The lowest BCUT2D eigenvalue weighted by Gasteiger charge is -2.48. The van der Waals surface area contributed by atoms with Gasteiger partial charge < -0.3 is 9.88 Å². The molecule has 30 heavy (non-hydrogen) atoms. The van der Waals surface area contributed by atoms with Crippen LogP contribution >= 0.6 is 23.2 Å². The van der Waals surface area contributed by atoms with Gasteiger partial charge in [-0.25, -0.2) is 5.01 Å². The minimum absolute atomic E-state index is 0.105. The van der Waals surface area contributed by atoms with Gasteiger partial charge in [-0.3, -0.25) is 9.59 Å². The number of piperazine rings is 1. The number of rotatable bonds is 2. The van der Waals surface area contributed by atoms with E-state index in [1.54, 1.807) is 30.0 Å². The van der Waals surface area contributed by atoms with E-state index in [1.165, 1.54) is 11.2 Å². The number of aromatic amines is 1. The highest BCUT2D eigenvalue weighted by atomic mass is 35.5. The van der Waals surface area contributed by atoms with Crippen molar-refractivity contribution >= 4 is 52.1 Å². The lowest BCUT2D eigenvalue weighted by molar-refractivity contribution is -0.165. The fraction of sp³-hybridized carbons (Fsp3) is 0.227. The van der Waals surface area contributed by atoms with Gasteiger partial charge in [-0.1, -0.05) is 47.5 Å². The Morgan fingerprint density at radius 3 is 2.77 bits per heavy atom. The van der Waals surface area contributed by atoms with E-state index >= 15 is 0 Å². The Bertz CT molecular complexity index is 1240. The van der Waals surface area contributed by atoms with Gasteiger partial charge in [0.1, 0.15) is 6.54 Å². The van der Waals surface area contributed by atoms with Gasteiger partial charge in [-0.05, 0) is 37.1 Å². The largest absolute Gasteiger partial charge is 0.356 e. The van der Waals surface area contributed by atoms with Crippen molar-refractivity contribution in [1.82, 2.24) is 14.9 Å². The normalized spacial score (nSPS) is 21.4. The number of amides is 2. The van der Waals surface area contributed by atoms with Gasteiger partial charge >= 0.3 is 0 Å². The summed E-state index contributed by atoms with van der Waals surface area (Å²) in [7, 11) is 0. The molecule has 1 N–H and O–H groups in total. The van der Waals surface area contributed by atoms with Gasteiger partial charge in [-0.15, -0.1) is 0 Å². The number of nitrogens with one attached hydrogen (secondary N) is 1. The molecule has 2 aliphatic rings. The Kier molecular flexibility index (Phi) is 4.38. The number of hydrazone groups is 1. The summed E-state index contributed by atoms with van der Waals surface area (Å²) in [6.45, 7) is 2.18. The van der Waals surface area contributed by atoms with Gasteiger partial charge in [-0.2, -0.15) is 5.10 Å². The van der Waals surface area contributed by atoms with Crippen LogP contribution in [0.5, 0.6) is 0 Å². The first kappa shape index (κ1) is 19.2. The Morgan fingerprint density at radius 1 is 1.17 bits per heavy atom. The first-order valence-corrected chi connectivity index (χ1v) is 10.4. The van der Waals surface area contributed by atoms with E-state index in [4.69, 9.17) is 23.2 Å². The van der Waals surface area contributed by atoms with Crippen LogP contribution in [0.25, 0.3) is 10.9 Å². The molecule has 1 saturated heterocycles. The van der Waals surface area contributed by atoms with E-state index < -0.39 is 5.54 Å². The molecule has 8 heteroatoms. The van der Waals surface area contributed by atoms with Gasteiger partial charge in [0.25, 0.3) is 5.91 Å². The highest BCUT2D eigenvalue weighted by molar-refractivity contribution is 6.36. The second-order valence-corrected chi connectivity index (χ2v) is 8.51. The van der Waals surface area contributed by atoms with E-state index in [9.17, 15) is 9.59 Å². The second kappa shape index (κ2) is 6.86. The molecule has 2 amide bonds. The molecule has 1 unspecified atom stereocenters. The maximum Gasteiger partial charge on any atom is 0.275 e. The minimum Gasteiger partial charge on any atom is -0.356 e. The summed E-state index contributed by atoms with van der Waals surface area (Å²) in [6.07, 6.45) is 2.19. The number of carbonyl (C=O) groups is 2. The molecule has 6 nitrogen and oxygen atoms in total. The van der Waals surface area contributed by atoms with Gasteiger partial charge in [0.15, 0.2) is 5.54 Å². The van der Waals surface area contributed by atoms with Crippen molar-refractivity contribution in [3.05, 3.63) is 69.3 Å². The smallest absolute Gasteiger partial charge is 0.275 e. The number of benzene rings is 2. The number of aromatic nitrogens is 1. The standard InChI is InChI=1S/C22H18Cl2N4O2/c1-22-20-16(15-4-2-3-5-18(15)26-20)8-9-27(22)19(29)12-28(21(22)30)25-11-13-6-7-14(23)10-17(13)24/h2-7,10-11,26H,8-9,12H2,1H3. The molecule has 0 spiro atoms. The third-order valence-corrected chi connectivity index (χ3v) is 6.52. The molecule has 2 aromatic carbocycles. The van der Waals surface area contributed by atoms with Crippen LogP contribution in [-0.2, 0) is 21.5 Å². The van der Waals surface area contributed by atoms with Crippen LogP contribution in [0.3, 0.4) is 0 Å². The van der Waals surface area contributed by atoms with Crippen molar-refractivity contribution in [1.29, 1.82) is 0 Å². The van der Waals surface area contributed by atoms with Crippen molar-refractivity contribution in [3.8, 4) is 0 Å². The number of para-hydroxylation sites is 1. The zero-order valence-electron chi connectivity index (χ0n) is 16.2. The monoisotopic (exact) mass is 440 g/mol. The average Bonchev–Trinajstić information content (AvgIpc) is 3.11. The molecular formula is C22H18Cl2N4O2. The van der Waals surface area contributed by atoms with Crippen LogP contribution in [0, 0.1) is 0 Å². The van der Waals surface area contributed by atoms with Crippen molar-refractivity contribution in [2.24, 2.45) is 5.10 Å². The van der Waals surface area contributed by atoms with E-state index in [1.807, 2.05) is 24.3 Å². The van der Waals surface area contributed by atoms with E-state index in [0.29, 0.717) is 28.6 Å². The molecule has 1 fully saturated rings. The van der Waals surface area contributed by atoms with Crippen molar-refractivity contribution in [3.63, 3.8) is 0 Å². The number of nitrogens with zero attached hydrogens (tertiary/aromatic N) is 3. The number of H-pyrrole nitrogens is 1. The van der Waals surface area contributed by atoms with Gasteiger partial charge in [0.2, 0.25) is 5.91 Å². The van der Waals surface area contributed by atoms with Gasteiger partial charge in [0, 0.05) is 28.0 Å². The third kappa shape index (κ3) is 2.75. The average molecular weight is 441 g/mol. The van der Waals surface area contributed by atoms with Gasteiger partial charge in [0.05, 0.1) is 16.9 Å². The summed E-state index contributed by atoms with van der Waals surface area (Å²) in [5.41, 5.74) is 2.28. The SMILES string of the molecule is CC12C(=O)N(N=Cc3ccc(Cl)cc3Cl)CC(=O)N1CCc1c2[nH]c2ccccc12. The van der Waals surface area contributed by atoms with Crippen LogP contribution < -0.4 is 0 Å². The number of carbonyl (C=O) groups excluding carboxylic acids is 2. The van der Waals surface area contributed by atoms with Crippen molar-refractivity contribution < 1.29 is 9.59 Å². The molecule has 5 rings (SSSR count). The number of halogens is 2. The Morgan fingerprint density at radius 2 is 1.97 bits per heavy atom. The lowest BCUT2D eigenvalue weighted by atomic mass is 9.83. The molecule has 0 saturated carbocycles. The number of fused-ring (bicyclic) bond motifs is 5. The molecule has 1 aromatic heterocycles. The molecule has 0 aliphatic carbocycles. The van der Waals surface area contributed by atoms with Crippen molar-refractivity contribution in [2.45, 2.75) is 18.9 Å². The topological polar surface area (TPSA) is 68.8 Å². The summed E-state index contributed by atoms with van der Waals surface area (Å²) in [5.74, 6) is -0.392. The fourth-order valence-electron chi connectivity index (χ4n) is 4.42. The molecule has 0 bridgehead atoms. The maximum absolute atomic E-state index is 13.6. The van der Waals surface area contributed by atoms with E-state index in [-0.39, 0.29) is 18.4 Å². The zero-order chi connectivity index (χ0) is 21.0. The van der Waals surface area contributed by atoms with E-state index in [0.717, 1.165) is 22.2 Å². The van der Waals surface area contributed by atoms with Crippen molar-refractivity contribution in [2.75, 3.05) is 13.1 Å². The summed E-state index contributed by atoms with van der Waals surface area (Å²) >= 11 is 12.1. The predicted molar refractivity (Wildman–Crippen MR) is 117 cm³/mol. The van der Waals surface area contributed by atoms with Crippen LogP contribution in [0.2, 0.25) is 10.0 Å². The first-order chi connectivity index (χ1) is 14.4. The summed E-state index contributed by atoms with van der Waals surface area (Å²) in [6, 6.07) is 13.0. The molecule has 1 atom stereocenters. The first-order valence-electron chi connectivity index (χ1n) is 9.61. The van der Waals surface area contributed by atoms with Crippen LogP contribution in [-0.4, -0.2) is 46.0 Å². The molecule has 0 radical (unpaired) electrons. The van der Waals surface area contributed by atoms with E-state index in [2.05, 4.69) is 10.1 Å². The minimum atomic E-state index is -1.14. The molecule has 2 aliphatic heterocycles. The molecule has 3 aromatic rings. The quantitative estimate of drug-likeness (QED) is 0.612. The Labute approximate surface area is 183 Å². The molecule has 152 valence electrons. The highest BCUT2D eigenvalue weighted by Crippen LogP contribution is 2.41. The summed E-state index contributed by atoms with van der Waals surface area (Å²) in [5, 5.41) is 7.55. The lowest BCUT2D eigenvalue weighted by Crippen LogP contribution is -2.65. The highest BCUT2D eigenvalue weighted by Gasteiger charge is 2.54. The Hall–Kier alpha value is -2.83. The molecule has 3 heterocycles. The second-order valence-electron chi connectivity index (χ2n) is 7.66. The van der Waals surface area contributed by atoms with Crippen LogP contribution in [0.1, 0.15) is 23.7 Å². The third-order valence-electron chi connectivity index (χ3n) is 5.96. The molecular weight excluding hydrogens is 423 g/mol. The zero-order valence-corrected chi connectivity index (χ0v) is 17.7. The predicted octanol–water partition coefficient (Wildman–Crippen LogP) is 3.95.